The molecule has 0 radical (unpaired) electrons. The van der Waals surface area contributed by atoms with Crippen LogP contribution in [0.1, 0.15) is 66.2 Å². The molecule has 0 aliphatic heterocycles. The van der Waals surface area contributed by atoms with E-state index in [9.17, 15) is 0 Å². The first-order chi connectivity index (χ1) is 6.13. The van der Waals surface area contributed by atoms with E-state index in [1.54, 1.807) is 0 Å². The van der Waals surface area contributed by atoms with Gasteiger partial charge in [-0.2, -0.15) is 0 Å². The second-order valence-electron chi connectivity index (χ2n) is 5.32. The van der Waals surface area contributed by atoms with Crippen LogP contribution in [0.4, 0.5) is 0 Å². The van der Waals surface area contributed by atoms with Crippen molar-refractivity contribution in [1.29, 1.82) is 0 Å². The standard InChI is InChI=1S/C13H26/c1-5-12(11(3)4)10-13(6-2)8-7-9-13/h11-12H,5-10H2,1-4H3. The van der Waals surface area contributed by atoms with Gasteiger partial charge in [0.15, 0.2) is 0 Å². The molecule has 1 aliphatic carbocycles. The van der Waals surface area contributed by atoms with Gasteiger partial charge in [-0.3, -0.25) is 0 Å². The summed E-state index contributed by atoms with van der Waals surface area (Å²) in [5.41, 5.74) is 0.769. The van der Waals surface area contributed by atoms with Gasteiger partial charge < -0.3 is 0 Å². The van der Waals surface area contributed by atoms with Crippen molar-refractivity contribution < 1.29 is 0 Å². The molecule has 1 fully saturated rings. The largest absolute Gasteiger partial charge is 0.0651 e. The van der Waals surface area contributed by atoms with Gasteiger partial charge in [0, 0.05) is 0 Å². The molecule has 13 heavy (non-hydrogen) atoms. The molecule has 1 saturated carbocycles. The monoisotopic (exact) mass is 182 g/mol. The zero-order chi connectivity index (χ0) is 9.90. The van der Waals surface area contributed by atoms with E-state index < -0.39 is 0 Å². The smallest absolute Gasteiger partial charge is 0.0297 e. The molecule has 0 aromatic carbocycles. The van der Waals surface area contributed by atoms with Gasteiger partial charge >= 0.3 is 0 Å². The third-order valence-corrected chi connectivity index (χ3v) is 4.33. The first kappa shape index (κ1) is 11.1. The molecular formula is C13H26. The second-order valence-corrected chi connectivity index (χ2v) is 5.32. The third-order valence-electron chi connectivity index (χ3n) is 4.33. The van der Waals surface area contributed by atoms with Crippen molar-refractivity contribution in [2.75, 3.05) is 0 Å². The van der Waals surface area contributed by atoms with Crippen LogP contribution in [0.3, 0.4) is 0 Å². The number of hydrogen-bond donors (Lipinski definition) is 0. The minimum atomic E-state index is 0.769. The SMILES string of the molecule is CCC(CC1(CC)CCC1)C(C)C. The van der Waals surface area contributed by atoms with Crippen LogP contribution < -0.4 is 0 Å². The summed E-state index contributed by atoms with van der Waals surface area (Å²) in [6.07, 6.45) is 8.79. The molecule has 1 atom stereocenters. The van der Waals surface area contributed by atoms with Crippen molar-refractivity contribution in [2.24, 2.45) is 17.3 Å². The van der Waals surface area contributed by atoms with Crippen LogP contribution in [-0.2, 0) is 0 Å². The van der Waals surface area contributed by atoms with E-state index in [1.807, 2.05) is 0 Å². The van der Waals surface area contributed by atoms with Gasteiger partial charge in [0.05, 0.1) is 0 Å². The first-order valence-electron chi connectivity index (χ1n) is 6.13. The van der Waals surface area contributed by atoms with Crippen molar-refractivity contribution in [3.05, 3.63) is 0 Å². The molecule has 1 unspecified atom stereocenters. The topological polar surface area (TPSA) is 0 Å². The normalized spacial score (nSPS) is 22.8. The lowest BCUT2D eigenvalue weighted by molar-refractivity contribution is 0.0736. The van der Waals surface area contributed by atoms with E-state index in [4.69, 9.17) is 0 Å². The fraction of sp³-hybridized carbons (Fsp3) is 1.00. The van der Waals surface area contributed by atoms with Crippen molar-refractivity contribution >= 4 is 0 Å². The highest BCUT2D eigenvalue weighted by Crippen LogP contribution is 2.49. The van der Waals surface area contributed by atoms with Gasteiger partial charge in [0.2, 0.25) is 0 Å². The van der Waals surface area contributed by atoms with Gasteiger partial charge in [0.25, 0.3) is 0 Å². The molecule has 0 aromatic rings. The predicted octanol–water partition coefficient (Wildman–Crippen LogP) is 4.64. The van der Waals surface area contributed by atoms with Crippen molar-refractivity contribution in [3.63, 3.8) is 0 Å². The lowest BCUT2D eigenvalue weighted by atomic mass is 9.61. The zero-order valence-electron chi connectivity index (χ0n) is 9.90. The molecule has 0 bridgehead atoms. The van der Waals surface area contributed by atoms with E-state index in [2.05, 4.69) is 27.7 Å². The Bertz CT molecular complexity index is 137. The van der Waals surface area contributed by atoms with Crippen LogP contribution in [0.15, 0.2) is 0 Å². The minimum Gasteiger partial charge on any atom is -0.0651 e. The average Bonchev–Trinajstić information content (AvgIpc) is 2.03. The predicted molar refractivity (Wildman–Crippen MR) is 59.8 cm³/mol. The Kier molecular flexibility index (Phi) is 3.82. The summed E-state index contributed by atoms with van der Waals surface area (Å²) in [4.78, 5) is 0. The fourth-order valence-corrected chi connectivity index (χ4v) is 2.79. The molecule has 0 heteroatoms. The molecule has 0 nitrogen and oxygen atoms in total. The summed E-state index contributed by atoms with van der Waals surface area (Å²) in [6.45, 7) is 9.51. The summed E-state index contributed by atoms with van der Waals surface area (Å²) in [6, 6.07) is 0. The van der Waals surface area contributed by atoms with Gasteiger partial charge in [0.1, 0.15) is 0 Å². The highest BCUT2D eigenvalue weighted by atomic mass is 14.4. The van der Waals surface area contributed by atoms with Crippen molar-refractivity contribution in [1.82, 2.24) is 0 Å². The highest BCUT2D eigenvalue weighted by molar-refractivity contribution is 4.88. The van der Waals surface area contributed by atoms with Crippen molar-refractivity contribution in [3.8, 4) is 0 Å². The summed E-state index contributed by atoms with van der Waals surface area (Å²) in [7, 11) is 0. The highest BCUT2D eigenvalue weighted by Gasteiger charge is 2.37. The van der Waals surface area contributed by atoms with E-state index in [1.165, 1.54) is 38.5 Å². The lowest BCUT2D eigenvalue weighted by Crippen LogP contribution is -2.32. The Balaban J connectivity index is 2.44. The third kappa shape index (κ3) is 2.48. The van der Waals surface area contributed by atoms with Crippen LogP contribution in [-0.4, -0.2) is 0 Å². The van der Waals surface area contributed by atoms with Crippen LogP contribution in [0.5, 0.6) is 0 Å². The van der Waals surface area contributed by atoms with Gasteiger partial charge in [-0.05, 0) is 36.5 Å². The number of hydrogen-bond acceptors (Lipinski definition) is 0. The van der Waals surface area contributed by atoms with E-state index in [0.717, 1.165) is 17.3 Å². The summed E-state index contributed by atoms with van der Waals surface area (Å²) < 4.78 is 0. The second kappa shape index (κ2) is 4.48. The Morgan fingerprint density at radius 3 is 2.00 bits per heavy atom. The maximum atomic E-state index is 2.39. The molecule has 0 amide bonds. The molecule has 0 spiro atoms. The average molecular weight is 182 g/mol. The molecule has 1 rings (SSSR count). The van der Waals surface area contributed by atoms with Crippen molar-refractivity contribution in [2.45, 2.75) is 66.2 Å². The zero-order valence-corrected chi connectivity index (χ0v) is 9.90. The molecule has 78 valence electrons. The van der Waals surface area contributed by atoms with E-state index in [0.29, 0.717) is 0 Å². The number of rotatable bonds is 5. The molecule has 0 heterocycles. The molecule has 0 aromatic heterocycles. The molecular weight excluding hydrogens is 156 g/mol. The van der Waals surface area contributed by atoms with Gasteiger partial charge in [-0.25, -0.2) is 0 Å². The Labute approximate surface area is 84.1 Å². The first-order valence-corrected chi connectivity index (χ1v) is 6.13. The van der Waals surface area contributed by atoms with Gasteiger partial charge in [-0.1, -0.05) is 47.0 Å². The van der Waals surface area contributed by atoms with Crippen LogP contribution in [0.2, 0.25) is 0 Å². The van der Waals surface area contributed by atoms with Crippen LogP contribution >= 0.6 is 0 Å². The summed E-state index contributed by atoms with van der Waals surface area (Å²) in [5, 5.41) is 0. The molecule has 1 aliphatic rings. The van der Waals surface area contributed by atoms with Gasteiger partial charge in [-0.15, -0.1) is 0 Å². The van der Waals surface area contributed by atoms with Crippen LogP contribution in [0.25, 0.3) is 0 Å². The maximum absolute atomic E-state index is 2.39. The quantitative estimate of drug-likeness (QED) is 0.581. The summed E-state index contributed by atoms with van der Waals surface area (Å²) in [5.74, 6) is 1.86. The van der Waals surface area contributed by atoms with E-state index >= 15 is 0 Å². The maximum Gasteiger partial charge on any atom is -0.0297 e. The van der Waals surface area contributed by atoms with Crippen LogP contribution in [0, 0.1) is 17.3 Å². The molecule has 0 N–H and O–H groups in total. The lowest BCUT2D eigenvalue weighted by Gasteiger charge is -2.44. The fourth-order valence-electron chi connectivity index (χ4n) is 2.79. The molecule has 0 saturated heterocycles. The summed E-state index contributed by atoms with van der Waals surface area (Å²) >= 11 is 0. The Morgan fingerprint density at radius 2 is 1.77 bits per heavy atom. The Morgan fingerprint density at radius 1 is 1.15 bits per heavy atom. The Hall–Kier alpha value is 0. The minimum absolute atomic E-state index is 0.769. The van der Waals surface area contributed by atoms with E-state index in [-0.39, 0.29) is 0 Å².